The van der Waals surface area contributed by atoms with Crippen LogP contribution in [0.2, 0.25) is 5.02 Å². The maximum atomic E-state index is 12.8. The number of halogens is 1. The minimum absolute atomic E-state index is 0.0440. The van der Waals surface area contributed by atoms with Gasteiger partial charge in [0, 0.05) is 17.9 Å². The van der Waals surface area contributed by atoms with Crippen molar-refractivity contribution < 1.29 is 19.4 Å². The fraction of sp³-hybridized carbons (Fsp3) is 0.667. The molecule has 2 N–H and O–H groups in total. The number of aryl methyl sites for hydroxylation is 1. The predicted molar refractivity (Wildman–Crippen MR) is 109 cm³/mol. The van der Waals surface area contributed by atoms with Crippen LogP contribution < -0.4 is 5.32 Å². The maximum Gasteiger partial charge on any atom is 0.407 e. The summed E-state index contributed by atoms with van der Waals surface area (Å²) in [6, 6.07) is 1.59. The van der Waals surface area contributed by atoms with Crippen molar-refractivity contribution in [3.8, 4) is 0 Å². The van der Waals surface area contributed by atoms with Gasteiger partial charge in [0.25, 0.3) is 0 Å². The second-order valence-corrected chi connectivity index (χ2v) is 9.30. The highest BCUT2D eigenvalue weighted by molar-refractivity contribution is 6.34. The molecule has 0 radical (unpaired) electrons. The van der Waals surface area contributed by atoms with Crippen LogP contribution in [0.4, 0.5) is 4.79 Å². The van der Waals surface area contributed by atoms with Gasteiger partial charge in [0.2, 0.25) is 0 Å². The molecule has 1 amide bonds. The Bertz CT molecular complexity index is 722. The summed E-state index contributed by atoms with van der Waals surface area (Å²) in [5.74, 6) is -0.0343. The van der Waals surface area contributed by atoms with Crippen molar-refractivity contribution in [3.63, 3.8) is 0 Å². The number of amides is 1. The Kier molecular flexibility index (Phi) is 7.10. The summed E-state index contributed by atoms with van der Waals surface area (Å²) in [4.78, 5) is 28.8. The quantitative estimate of drug-likeness (QED) is 0.700. The first kappa shape index (κ1) is 22.6. The molecule has 0 saturated heterocycles. The van der Waals surface area contributed by atoms with Crippen molar-refractivity contribution in [2.45, 2.75) is 84.0 Å². The summed E-state index contributed by atoms with van der Waals surface area (Å²) in [6.07, 6.45) is 3.95. The average Bonchev–Trinajstić information content (AvgIpc) is 2.54. The normalized spacial score (nSPS) is 23.8. The van der Waals surface area contributed by atoms with Gasteiger partial charge in [-0.1, -0.05) is 11.6 Å². The Morgan fingerprint density at radius 3 is 2.54 bits per heavy atom. The fourth-order valence-corrected chi connectivity index (χ4v) is 3.92. The molecule has 6 nitrogen and oxygen atoms in total. The number of ketones is 1. The van der Waals surface area contributed by atoms with Crippen molar-refractivity contribution in [2.24, 2.45) is 5.92 Å². The highest BCUT2D eigenvalue weighted by Crippen LogP contribution is 2.37. The third-order valence-electron chi connectivity index (χ3n) is 5.04. The Labute approximate surface area is 172 Å². The number of Topliss-reactive ketones (excluding diaryl/α,β-unsaturated/α-hetero) is 1. The lowest BCUT2D eigenvalue weighted by molar-refractivity contribution is 0.00104. The largest absolute Gasteiger partial charge is 0.444 e. The molecule has 0 bridgehead atoms. The number of aromatic nitrogens is 1. The number of rotatable bonds is 5. The number of aliphatic hydroxyl groups is 1. The van der Waals surface area contributed by atoms with E-state index in [4.69, 9.17) is 16.3 Å². The molecule has 28 heavy (non-hydrogen) atoms. The van der Waals surface area contributed by atoms with Crippen LogP contribution in [0, 0.1) is 12.8 Å². The third kappa shape index (κ3) is 6.17. The summed E-state index contributed by atoms with van der Waals surface area (Å²) in [5, 5.41) is 14.1. The highest BCUT2D eigenvalue weighted by atomic mass is 35.5. The van der Waals surface area contributed by atoms with Gasteiger partial charge in [-0.2, -0.15) is 0 Å². The number of nitrogens with zero attached hydrogens (tertiary/aromatic N) is 1. The lowest BCUT2D eigenvalue weighted by Crippen LogP contribution is -2.44. The van der Waals surface area contributed by atoms with Crippen molar-refractivity contribution in [3.05, 3.63) is 28.5 Å². The number of pyridine rings is 1. The van der Waals surface area contributed by atoms with Crippen LogP contribution in [-0.4, -0.2) is 39.2 Å². The van der Waals surface area contributed by atoms with Crippen LogP contribution in [0.3, 0.4) is 0 Å². The SMILES string of the molecule is Cc1cc(Cl)c(C(=O)C2(O)CCC(C[C@H](C)NC(=O)OC(C)(C)C)CC2)cn1. The number of carbonyl (C=O) groups excluding carboxylic acids is 2. The van der Waals surface area contributed by atoms with E-state index in [0.29, 0.717) is 36.6 Å². The zero-order valence-electron chi connectivity index (χ0n) is 17.3. The van der Waals surface area contributed by atoms with Gasteiger partial charge < -0.3 is 15.2 Å². The van der Waals surface area contributed by atoms with E-state index in [0.717, 1.165) is 12.1 Å². The van der Waals surface area contributed by atoms with Gasteiger partial charge in [-0.15, -0.1) is 0 Å². The first-order valence-corrected chi connectivity index (χ1v) is 10.2. The summed E-state index contributed by atoms with van der Waals surface area (Å²) in [6.45, 7) is 9.21. The van der Waals surface area contributed by atoms with E-state index >= 15 is 0 Å². The Morgan fingerprint density at radius 1 is 1.39 bits per heavy atom. The Morgan fingerprint density at radius 2 is 2.00 bits per heavy atom. The molecule has 156 valence electrons. The molecule has 7 heteroatoms. The molecule has 0 aromatic carbocycles. The first-order chi connectivity index (χ1) is 12.9. The molecular formula is C21H31ClN2O4. The minimum Gasteiger partial charge on any atom is -0.444 e. The third-order valence-corrected chi connectivity index (χ3v) is 5.35. The second kappa shape index (κ2) is 8.78. The van der Waals surface area contributed by atoms with E-state index in [2.05, 4.69) is 10.3 Å². The lowest BCUT2D eigenvalue weighted by atomic mass is 9.73. The predicted octanol–water partition coefficient (Wildman–Crippen LogP) is 4.45. The molecule has 1 aliphatic rings. The molecule has 1 aliphatic carbocycles. The number of nitrogens with one attached hydrogen (secondary N) is 1. The van der Waals surface area contributed by atoms with Gasteiger partial charge in [-0.25, -0.2) is 4.79 Å². The zero-order valence-corrected chi connectivity index (χ0v) is 18.1. The standard InChI is InChI=1S/C21H31ClN2O4/c1-13-11-17(22)16(12-23-13)18(25)21(27)8-6-15(7-9-21)10-14(2)24-19(26)28-20(3,4)5/h11-12,14-15,27H,6-10H2,1-5H3,(H,24,26)/t14-,15?,21?/m0/s1. The monoisotopic (exact) mass is 410 g/mol. The van der Waals surface area contributed by atoms with Crippen molar-refractivity contribution in [2.75, 3.05) is 0 Å². The first-order valence-electron chi connectivity index (χ1n) is 9.78. The number of ether oxygens (including phenoxy) is 1. The smallest absolute Gasteiger partial charge is 0.407 e. The summed E-state index contributed by atoms with van der Waals surface area (Å²) in [7, 11) is 0. The zero-order chi connectivity index (χ0) is 21.1. The number of alkyl carbamates (subject to hydrolysis) is 1. The summed E-state index contributed by atoms with van der Waals surface area (Å²) < 4.78 is 5.28. The van der Waals surface area contributed by atoms with Gasteiger partial charge in [0.1, 0.15) is 11.2 Å². The number of hydrogen-bond donors (Lipinski definition) is 2. The van der Waals surface area contributed by atoms with E-state index in [1.54, 1.807) is 13.0 Å². The minimum atomic E-state index is -1.40. The van der Waals surface area contributed by atoms with Crippen LogP contribution in [0.25, 0.3) is 0 Å². The topological polar surface area (TPSA) is 88.5 Å². The molecule has 1 aromatic rings. The van der Waals surface area contributed by atoms with Crippen LogP contribution in [0.15, 0.2) is 12.3 Å². The van der Waals surface area contributed by atoms with Crippen LogP contribution in [0.1, 0.15) is 75.9 Å². The summed E-state index contributed by atoms with van der Waals surface area (Å²) in [5.41, 5.74) is -0.937. The Balaban J connectivity index is 1.89. The lowest BCUT2D eigenvalue weighted by Gasteiger charge is -2.36. The summed E-state index contributed by atoms with van der Waals surface area (Å²) >= 11 is 6.17. The highest BCUT2D eigenvalue weighted by Gasteiger charge is 2.41. The second-order valence-electron chi connectivity index (χ2n) is 8.89. The van der Waals surface area contributed by atoms with Gasteiger partial charge in [0.05, 0.1) is 10.6 Å². The van der Waals surface area contributed by atoms with E-state index in [1.807, 2.05) is 27.7 Å². The molecule has 1 heterocycles. The average molecular weight is 411 g/mol. The van der Waals surface area contributed by atoms with Crippen molar-refractivity contribution in [1.82, 2.24) is 10.3 Å². The van der Waals surface area contributed by atoms with E-state index < -0.39 is 17.3 Å². The fourth-order valence-electron chi connectivity index (χ4n) is 3.63. The van der Waals surface area contributed by atoms with Gasteiger partial charge >= 0.3 is 6.09 Å². The van der Waals surface area contributed by atoms with E-state index in [1.165, 1.54) is 6.20 Å². The molecule has 1 aromatic heterocycles. The Hall–Kier alpha value is -1.66. The molecule has 0 aliphatic heterocycles. The van der Waals surface area contributed by atoms with Crippen molar-refractivity contribution in [1.29, 1.82) is 0 Å². The molecule has 0 unspecified atom stereocenters. The molecular weight excluding hydrogens is 380 g/mol. The van der Waals surface area contributed by atoms with Gasteiger partial charge in [-0.05, 0) is 78.7 Å². The molecule has 1 atom stereocenters. The van der Waals surface area contributed by atoms with Crippen LogP contribution >= 0.6 is 11.6 Å². The number of carbonyl (C=O) groups is 2. The van der Waals surface area contributed by atoms with E-state index in [9.17, 15) is 14.7 Å². The van der Waals surface area contributed by atoms with Gasteiger partial charge in [0.15, 0.2) is 5.78 Å². The van der Waals surface area contributed by atoms with E-state index in [-0.39, 0.29) is 17.4 Å². The van der Waals surface area contributed by atoms with Crippen LogP contribution in [-0.2, 0) is 4.74 Å². The molecule has 1 saturated carbocycles. The van der Waals surface area contributed by atoms with Gasteiger partial charge in [-0.3, -0.25) is 9.78 Å². The maximum absolute atomic E-state index is 12.8. The molecule has 2 rings (SSSR count). The van der Waals surface area contributed by atoms with Crippen molar-refractivity contribution >= 4 is 23.5 Å². The van der Waals surface area contributed by atoms with Crippen LogP contribution in [0.5, 0.6) is 0 Å². The molecule has 0 spiro atoms. The number of hydrogen-bond acceptors (Lipinski definition) is 5. The molecule has 1 fully saturated rings.